The number of carbonyl (C=O) groups is 4. The Labute approximate surface area is 210 Å². The van der Waals surface area contributed by atoms with Gasteiger partial charge in [0.25, 0.3) is 0 Å². The van der Waals surface area contributed by atoms with E-state index < -0.39 is 46.9 Å². The van der Waals surface area contributed by atoms with Crippen molar-refractivity contribution >= 4 is 45.0 Å². The molecule has 3 atom stereocenters. The van der Waals surface area contributed by atoms with Crippen LogP contribution in [0.4, 0.5) is 5.69 Å². The van der Waals surface area contributed by atoms with Gasteiger partial charge in [-0.1, -0.05) is 71.4 Å². The zero-order chi connectivity index (χ0) is 24.5. The first-order chi connectivity index (χ1) is 16.9. The van der Waals surface area contributed by atoms with Crippen LogP contribution in [0, 0.1) is 11.8 Å². The summed E-state index contributed by atoms with van der Waals surface area (Å²) in [5.74, 6) is -4.42. The van der Waals surface area contributed by atoms with Gasteiger partial charge in [0.05, 0.1) is 23.6 Å². The number of hydrogen-bond donors (Lipinski definition) is 0. The molecule has 0 unspecified atom stereocenters. The molecule has 1 spiro atoms. The van der Waals surface area contributed by atoms with E-state index in [1.807, 2.05) is 31.2 Å². The molecule has 3 aliphatic rings. The third kappa shape index (κ3) is 2.91. The monoisotopic (exact) mass is 529 g/mol. The van der Waals surface area contributed by atoms with Crippen LogP contribution in [-0.4, -0.2) is 29.0 Å². The minimum Gasteiger partial charge on any atom is -0.349 e. The first kappa shape index (κ1) is 22.1. The highest BCUT2D eigenvalue weighted by Gasteiger charge is 2.74. The minimum atomic E-state index is -2.06. The molecular formula is C28H20BrNO5. The van der Waals surface area contributed by atoms with E-state index in [0.717, 1.165) is 21.4 Å². The number of hydrogen-bond acceptors (Lipinski definition) is 5. The van der Waals surface area contributed by atoms with Crippen LogP contribution in [-0.2, 0) is 20.7 Å². The molecule has 0 aromatic heterocycles. The van der Waals surface area contributed by atoms with Crippen LogP contribution in [0.5, 0.6) is 0 Å². The van der Waals surface area contributed by atoms with E-state index in [9.17, 15) is 19.2 Å². The lowest BCUT2D eigenvalue weighted by Crippen LogP contribution is -2.51. The molecule has 0 saturated carbocycles. The third-order valence-electron chi connectivity index (χ3n) is 7.32. The molecule has 2 fully saturated rings. The molecule has 2 heterocycles. The fourth-order valence-corrected chi connectivity index (χ4v) is 5.87. The van der Waals surface area contributed by atoms with Gasteiger partial charge in [0.1, 0.15) is 0 Å². The van der Waals surface area contributed by atoms with Crippen molar-refractivity contribution < 1.29 is 23.9 Å². The molecule has 174 valence electrons. The zero-order valence-electron chi connectivity index (χ0n) is 18.7. The number of ether oxygens (including phenoxy) is 1. The lowest BCUT2D eigenvalue weighted by molar-refractivity contribution is -0.127. The van der Waals surface area contributed by atoms with Crippen LogP contribution in [0.1, 0.15) is 44.9 Å². The summed E-state index contributed by atoms with van der Waals surface area (Å²) in [6.07, 6.45) is -0.0759. The number of halogens is 1. The second-order valence-corrected chi connectivity index (χ2v) is 9.98. The average molecular weight is 530 g/mol. The molecule has 0 radical (unpaired) electrons. The van der Waals surface area contributed by atoms with Crippen LogP contribution in [0.2, 0.25) is 0 Å². The van der Waals surface area contributed by atoms with E-state index >= 15 is 0 Å². The first-order valence-corrected chi connectivity index (χ1v) is 12.3. The maximum absolute atomic E-state index is 13.9. The van der Waals surface area contributed by atoms with Gasteiger partial charge in [-0.05, 0) is 41.8 Å². The summed E-state index contributed by atoms with van der Waals surface area (Å²) in [6.45, 7) is 2.04. The maximum atomic E-state index is 13.9. The molecule has 2 aliphatic heterocycles. The topological polar surface area (TPSA) is 80.8 Å². The van der Waals surface area contributed by atoms with Crippen molar-refractivity contribution in [3.8, 4) is 0 Å². The highest BCUT2D eigenvalue weighted by atomic mass is 79.9. The fourth-order valence-electron chi connectivity index (χ4n) is 5.61. The van der Waals surface area contributed by atoms with Gasteiger partial charge >= 0.3 is 0 Å². The van der Waals surface area contributed by atoms with E-state index in [-0.39, 0.29) is 11.1 Å². The van der Waals surface area contributed by atoms with Crippen molar-refractivity contribution in [1.82, 2.24) is 0 Å². The van der Waals surface area contributed by atoms with Gasteiger partial charge < -0.3 is 4.74 Å². The Kier molecular flexibility index (Phi) is 4.92. The van der Waals surface area contributed by atoms with Crippen molar-refractivity contribution in [2.45, 2.75) is 25.0 Å². The van der Waals surface area contributed by atoms with Gasteiger partial charge in [0.15, 0.2) is 0 Å². The van der Waals surface area contributed by atoms with Crippen molar-refractivity contribution in [1.29, 1.82) is 0 Å². The summed E-state index contributed by atoms with van der Waals surface area (Å²) in [5, 5.41) is 0. The molecule has 3 aromatic carbocycles. The average Bonchev–Trinajstić information content (AvgIpc) is 3.45. The Bertz CT molecular complexity index is 1380. The van der Waals surface area contributed by atoms with Gasteiger partial charge in [0, 0.05) is 15.6 Å². The van der Waals surface area contributed by atoms with Crippen LogP contribution in [0.25, 0.3) is 0 Å². The van der Waals surface area contributed by atoms with E-state index in [2.05, 4.69) is 15.9 Å². The molecule has 0 bridgehead atoms. The smallest absolute Gasteiger partial charge is 0.241 e. The highest BCUT2D eigenvalue weighted by molar-refractivity contribution is 9.10. The molecule has 6 nitrogen and oxygen atoms in total. The standard InChI is InChI=1S/C28H20BrNO5/c1-2-15-7-9-16(10-8-15)23-21-22(27(34)30(26(21)33)18-13-11-17(29)12-14-18)28(35-23)24(31)19-5-3-4-6-20(19)25(28)32/h3-14,21-23H,2H2,1H3/t21-,22+,23-/m1/s1. The molecular weight excluding hydrogens is 510 g/mol. The van der Waals surface area contributed by atoms with Crippen molar-refractivity contribution in [2.75, 3.05) is 4.90 Å². The maximum Gasteiger partial charge on any atom is 0.241 e. The molecule has 2 saturated heterocycles. The van der Waals surface area contributed by atoms with Crippen LogP contribution in [0.3, 0.4) is 0 Å². The summed E-state index contributed by atoms with van der Waals surface area (Å²) >= 11 is 3.37. The second kappa shape index (κ2) is 7.80. The summed E-state index contributed by atoms with van der Waals surface area (Å²) in [4.78, 5) is 56.3. The van der Waals surface area contributed by atoms with Crippen LogP contribution < -0.4 is 4.90 Å². The Hall–Kier alpha value is -3.42. The third-order valence-corrected chi connectivity index (χ3v) is 7.85. The van der Waals surface area contributed by atoms with E-state index in [1.54, 1.807) is 48.5 Å². The second-order valence-electron chi connectivity index (χ2n) is 9.06. The molecule has 7 heteroatoms. The quantitative estimate of drug-likeness (QED) is 0.362. The van der Waals surface area contributed by atoms with E-state index in [4.69, 9.17) is 4.74 Å². The number of carbonyl (C=O) groups excluding carboxylic acids is 4. The lowest BCUT2D eigenvalue weighted by Gasteiger charge is -2.27. The molecule has 2 amide bonds. The molecule has 1 aliphatic carbocycles. The molecule has 3 aromatic rings. The summed E-state index contributed by atoms with van der Waals surface area (Å²) in [6, 6.07) is 20.8. The Morgan fingerprint density at radius 1 is 0.829 bits per heavy atom. The molecule has 0 N–H and O–H groups in total. The number of nitrogens with zero attached hydrogens (tertiary/aromatic N) is 1. The number of fused-ring (bicyclic) bond motifs is 3. The largest absolute Gasteiger partial charge is 0.349 e. The Morgan fingerprint density at radius 2 is 1.43 bits per heavy atom. The molecule has 6 rings (SSSR count). The fraction of sp³-hybridized carbons (Fsp3) is 0.214. The highest BCUT2D eigenvalue weighted by Crippen LogP contribution is 2.57. The Morgan fingerprint density at radius 3 is 2.00 bits per heavy atom. The summed E-state index contributed by atoms with van der Waals surface area (Å²) in [5.41, 5.74) is 0.539. The normalized spacial score (nSPS) is 24.4. The van der Waals surface area contributed by atoms with Crippen molar-refractivity contribution in [3.63, 3.8) is 0 Å². The predicted octanol–water partition coefficient (Wildman–Crippen LogP) is 4.71. The summed E-state index contributed by atoms with van der Waals surface area (Å²) < 4.78 is 7.11. The van der Waals surface area contributed by atoms with Gasteiger partial charge in [-0.25, -0.2) is 4.90 Å². The van der Waals surface area contributed by atoms with E-state index in [0.29, 0.717) is 11.3 Å². The van der Waals surface area contributed by atoms with Gasteiger partial charge in [0.2, 0.25) is 29.0 Å². The van der Waals surface area contributed by atoms with Crippen LogP contribution >= 0.6 is 15.9 Å². The number of anilines is 1. The van der Waals surface area contributed by atoms with E-state index in [1.165, 1.54) is 0 Å². The summed E-state index contributed by atoms with van der Waals surface area (Å²) in [7, 11) is 0. The number of imide groups is 1. The predicted molar refractivity (Wildman–Crippen MR) is 131 cm³/mol. The van der Waals surface area contributed by atoms with Gasteiger partial charge in [-0.2, -0.15) is 0 Å². The number of benzene rings is 3. The number of ketones is 2. The van der Waals surface area contributed by atoms with Crippen LogP contribution in [0.15, 0.2) is 77.3 Å². The Balaban J connectivity index is 1.53. The number of rotatable bonds is 3. The SMILES string of the molecule is CCc1ccc([C@H]2OC3(C(=O)c4ccccc4C3=O)[C@@H]3C(=O)N(c4ccc(Br)cc4)C(=O)[C@@H]23)cc1. The number of amides is 2. The van der Waals surface area contributed by atoms with Gasteiger partial charge in [-0.3, -0.25) is 19.2 Å². The molecule has 35 heavy (non-hydrogen) atoms. The van der Waals surface area contributed by atoms with Gasteiger partial charge in [-0.15, -0.1) is 0 Å². The first-order valence-electron chi connectivity index (χ1n) is 11.5. The zero-order valence-corrected chi connectivity index (χ0v) is 20.3. The van der Waals surface area contributed by atoms with Crippen molar-refractivity contribution in [2.24, 2.45) is 11.8 Å². The number of aryl methyl sites for hydroxylation is 1. The van der Waals surface area contributed by atoms with Crippen molar-refractivity contribution in [3.05, 3.63) is 99.5 Å². The lowest BCUT2D eigenvalue weighted by atomic mass is 9.77. The number of Topliss-reactive ketones (excluding diaryl/α,β-unsaturated/α-hetero) is 2. The minimum absolute atomic E-state index is 0.223.